The molecule has 2 N–H and O–H groups in total. The Morgan fingerprint density at radius 3 is 2.17 bits per heavy atom. The summed E-state index contributed by atoms with van der Waals surface area (Å²) in [6.45, 7) is 1.26. The van der Waals surface area contributed by atoms with Crippen LogP contribution in [0.5, 0.6) is 0 Å². The number of halogens is 4. The van der Waals surface area contributed by atoms with Crippen molar-refractivity contribution in [2.45, 2.75) is 18.9 Å². The van der Waals surface area contributed by atoms with E-state index in [0.717, 1.165) is 4.90 Å². The SMILES string of the molecule is CCC1(c2ccc(Cl)cc2)NC(=O)N(CC(=O)Nc2c(Cl)cc(Cl)cc2Cl)C1=O. The number of anilines is 1. The third kappa shape index (κ3) is 4.16. The van der Waals surface area contributed by atoms with Crippen LogP contribution in [0.2, 0.25) is 20.1 Å². The molecule has 3 rings (SSSR count). The largest absolute Gasteiger partial charge is 0.325 e. The number of amides is 4. The Morgan fingerprint density at radius 1 is 1.03 bits per heavy atom. The molecule has 0 radical (unpaired) electrons. The molecule has 1 atom stereocenters. The number of nitrogens with one attached hydrogen (secondary N) is 2. The van der Waals surface area contributed by atoms with Gasteiger partial charge in [0.05, 0.1) is 15.7 Å². The molecule has 0 bridgehead atoms. The summed E-state index contributed by atoms with van der Waals surface area (Å²) in [7, 11) is 0. The molecule has 1 aliphatic rings. The van der Waals surface area contributed by atoms with Crippen LogP contribution in [0, 0.1) is 0 Å². The highest BCUT2D eigenvalue weighted by Crippen LogP contribution is 2.35. The van der Waals surface area contributed by atoms with Crippen LogP contribution >= 0.6 is 46.4 Å². The Hall–Kier alpha value is -1.99. The number of imide groups is 1. The van der Waals surface area contributed by atoms with E-state index in [-0.39, 0.29) is 15.7 Å². The third-order valence-electron chi connectivity index (χ3n) is 4.62. The van der Waals surface area contributed by atoms with Crippen molar-refractivity contribution in [2.24, 2.45) is 0 Å². The van der Waals surface area contributed by atoms with Crippen LogP contribution in [-0.4, -0.2) is 29.3 Å². The number of carbonyl (C=O) groups is 3. The first-order valence-electron chi connectivity index (χ1n) is 8.52. The van der Waals surface area contributed by atoms with Crippen molar-refractivity contribution in [1.29, 1.82) is 0 Å². The highest BCUT2D eigenvalue weighted by Gasteiger charge is 2.51. The first kappa shape index (κ1) is 21.7. The number of nitrogens with zero attached hydrogens (tertiary/aromatic N) is 1. The quantitative estimate of drug-likeness (QED) is 0.592. The second kappa shape index (κ2) is 8.40. The van der Waals surface area contributed by atoms with Crippen molar-refractivity contribution >= 4 is 69.9 Å². The van der Waals surface area contributed by atoms with Crippen LogP contribution < -0.4 is 10.6 Å². The standard InChI is InChI=1S/C19H15Cl4N3O3/c1-2-19(10-3-5-11(20)6-4-10)17(28)26(18(29)25-19)9-15(27)24-16-13(22)7-12(21)8-14(16)23/h3-8H,2,9H2,1H3,(H,24,27)(H,25,29). The second-order valence-electron chi connectivity index (χ2n) is 6.38. The zero-order valence-electron chi connectivity index (χ0n) is 15.1. The minimum atomic E-state index is -1.27. The average molecular weight is 475 g/mol. The van der Waals surface area contributed by atoms with E-state index in [1.54, 1.807) is 31.2 Å². The van der Waals surface area contributed by atoms with Gasteiger partial charge in [0.15, 0.2) is 0 Å². The van der Waals surface area contributed by atoms with E-state index < -0.39 is 29.9 Å². The summed E-state index contributed by atoms with van der Waals surface area (Å²) in [4.78, 5) is 38.9. The molecule has 29 heavy (non-hydrogen) atoms. The fraction of sp³-hybridized carbons (Fsp3) is 0.211. The van der Waals surface area contributed by atoms with Crippen LogP contribution in [0.1, 0.15) is 18.9 Å². The van der Waals surface area contributed by atoms with Gasteiger partial charge < -0.3 is 10.6 Å². The smallest absolute Gasteiger partial charge is 0.322 e. The summed E-state index contributed by atoms with van der Waals surface area (Å²) >= 11 is 23.9. The third-order valence-corrected chi connectivity index (χ3v) is 5.68. The summed E-state index contributed by atoms with van der Waals surface area (Å²) in [5.74, 6) is -1.17. The molecule has 1 heterocycles. The molecule has 152 valence electrons. The van der Waals surface area contributed by atoms with Crippen molar-refractivity contribution in [3.8, 4) is 0 Å². The Bertz CT molecular complexity index is 974. The predicted octanol–water partition coefficient (Wildman–Crippen LogP) is 5.10. The molecule has 1 fully saturated rings. The van der Waals surface area contributed by atoms with Crippen molar-refractivity contribution < 1.29 is 14.4 Å². The maximum Gasteiger partial charge on any atom is 0.325 e. The number of rotatable bonds is 5. The molecule has 4 amide bonds. The summed E-state index contributed by atoms with van der Waals surface area (Å²) in [5.41, 5.74) is -0.541. The molecule has 0 aromatic heterocycles. The van der Waals surface area contributed by atoms with Gasteiger partial charge in [0.25, 0.3) is 5.91 Å². The molecular formula is C19H15Cl4N3O3. The minimum Gasteiger partial charge on any atom is -0.322 e. The zero-order valence-corrected chi connectivity index (χ0v) is 18.1. The molecule has 0 spiro atoms. The molecule has 1 aliphatic heterocycles. The molecule has 2 aromatic rings. The lowest BCUT2D eigenvalue weighted by atomic mass is 9.87. The van der Waals surface area contributed by atoms with E-state index in [9.17, 15) is 14.4 Å². The highest BCUT2D eigenvalue weighted by molar-refractivity contribution is 6.42. The van der Waals surface area contributed by atoms with Crippen LogP contribution in [-0.2, 0) is 15.1 Å². The lowest BCUT2D eigenvalue weighted by Crippen LogP contribution is -2.44. The molecule has 6 nitrogen and oxygen atoms in total. The number of benzene rings is 2. The maximum absolute atomic E-state index is 13.1. The zero-order chi connectivity index (χ0) is 21.3. The van der Waals surface area contributed by atoms with E-state index >= 15 is 0 Å². The van der Waals surface area contributed by atoms with Gasteiger partial charge >= 0.3 is 6.03 Å². The normalized spacial score (nSPS) is 18.7. The van der Waals surface area contributed by atoms with Crippen LogP contribution in [0.15, 0.2) is 36.4 Å². The number of hydrogen-bond acceptors (Lipinski definition) is 3. The number of hydrogen-bond donors (Lipinski definition) is 2. The van der Waals surface area contributed by atoms with Gasteiger partial charge in [-0.25, -0.2) is 4.79 Å². The molecule has 0 aliphatic carbocycles. The highest BCUT2D eigenvalue weighted by atomic mass is 35.5. The van der Waals surface area contributed by atoms with Gasteiger partial charge in [-0.15, -0.1) is 0 Å². The number of urea groups is 1. The van der Waals surface area contributed by atoms with Crippen molar-refractivity contribution in [3.05, 3.63) is 62.1 Å². The van der Waals surface area contributed by atoms with Crippen molar-refractivity contribution in [2.75, 3.05) is 11.9 Å². The molecule has 10 heteroatoms. The van der Waals surface area contributed by atoms with E-state index in [0.29, 0.717) is 22.0 Å². The maximum atomic E-state index is 13.1. The van der Waals surface area contributed by atoms with Gasteiger partial charge in [0.2, 0.25) is 5.91 Å². The average Bonchev–Trinajstić information content (AvgIpc) is 2.90. The summed E-state index contributed by atoms with van der Waals surface area (Å²) < 4.78 is 0. The Kier molecular flexibility index (Phi) is 6.29. The Balaban J connectivity index is 1.81. The fourth-order valence-electron chi connectivity index (χ4n) is 3.13. The summed E-state index contributed by atoms with van der Waals surface area (Å²) in [6, 6.07) is 8.76. The van der Waals surface area contributed by atoms with Crippen molar-refractivity contribution in [3.63, 3.8) is 0 Å². The minimum absolute atomic E-state index is 0.136. The molecular weight excluding hydrogens is 460 g/mol. The van der Waals surface area contributed by atoms with Gasteiger partial charge in [-0.2, -0.15) is 0 Å². The predicted molar refractivity (Wildman–Crippen MR) is 114 cm³/mol. The summed E-state index contributed by atoms with van der Waals surface area (Å²) in [6.07, 6.45) is 0.298. The van der Waals surface area contributed by atoms with Crippen LogP contribution in [0.25, 0.3) is 0 Å². The van der Waals surface area contributed by atoms with Crippen LogP contribution in [0.4, 0.5) is 10.5 Å². The van der Waals surface area contributed by atoms with E-state index in [4.69, 9.17) is 46.4 Å². The van der Waals surface area contributed by atoms with Crippen LogP contribution in [0.3, 0.4) is 0 Å². The topological polar surface area (TPSA) is 78.5 Å². The van der Waals surface area contributed by atoms with E-state index in [1.807, 2.05) is 0 Å². The van der Waals surface area contributed by atoms with Gasteiger partial charge in [0.1, 0.15) is 12.1 Å². The molecule has 1 saturated heterocycles. The van der Waals surface area contributed by atoms with Gasteiger partial charge in [0, 0.05) is 10.0 Å². The first-order valence-corrected chi connectivity index (χ1v) is 10.0. The van der Waals surface area contributed by atoms with Gasteiger partial charge in [-0.1, -0.05) is 65.5 Å². The molecule has 0 saturated carbocycles. The fourth-order valence-corrected chi connectivity index (χ4v) is 4.17. The molecule has 2 aromatic carbocycles. The Morgan fingerprint density at radius 2 is 1.62 bits per heavy atom. The van der Waals surface area contributed by atoms with Crippen molar-refractivity contribution in [1.82, 2.24) is 10.2 Å². The van der Waals surface area contributed by atoms with Gasteiger partial charge in [-0.3, -0.25) is 14.5 Å². The molecule has 1 unspecified atom stereocenters. The van der Waals surface area contributed by atoms with E-state index in [2.05, 4.69) is 10.6 Å². The van der Waals surface area contributed by atoms with E-state index in [1.165, 1.54) is 12.1 Å². The lowest BCUT2D eigenvalue weighted by Gasteiger charge is -2.25. The number of carbonyl (C=O) groups excluding carboxylic acids is 3. The lowest BCUT2D eigenvalue weighted by molar-refractivity contribution is -0.134. The summed E-state index contributed by atoms with van der Waals surface area (Å²) in [5, 5.41) is 6.30. The monoisotopic (exact) mass is 473 g/mol. The Labute approximate surface area is 187 Å². The first-order chi connectivity index (χ1) is 13.7. The second-order valence-corrected chi connectivity index (χ2v) is 8.07. The van der Waals surface area contributed by atoms with Gasteiger partial charge in [-0.05, 0) is 36.2 Å².